The van der Waals surface area contributed by atoms with E-state index >= 15 is 0 Å². The van der Waals surface area contributed by atoms with E-state index < -0.39 is 30.1 Å². The van der Waals surface area contributed by atoms with Crippen LogP contribution in [-0.2, 0) is 10.2 Å². The van der Waals surface area contributed by atoms with Crippen molar-refractivity contribution in [2.45, 2.75) is 43.9 Å². The fraction of sp³-hybridized carbons (Fsp3) is 0.500. The van der Waals surface area contributed by atoms with Crippen molar-refractivity contribution in [3.05, 3.63) is 29.3 Å². The van der Waals surface area contributed by atoms with Crippen molar-refractivity contribution in [2.24, 2.45) is 0 Å². The zero-order valence-electron chi connectivity index (χ0n) is 10.6. The number of aromatic hydroxyl groups is 1. The molecule has 1 saturated carbocycles. The van der Waals surface area contributed by atoms with Gasteiger partial charge in [-0.15, -0.1) is 0 Å². The van der Waals surface area contributed by atoms with Gasteiger partial charge in [0.25, 0.3) is 0 Å². The lowest BCUT2D eigenvalue weighted by molar-refractivity contribution is -0.149. The molecule has 1 aliphatic rings. The summed E-state index contributed by atoms with van der Waals surface area (Å²) in [5.41, 5.74) is -0.372. The maximum absolute atomic E-state index is 13.2. The van der Waals surface area contributed by atoms with Crippen LogP contribution in [0.4, 0.5) is 8.78 Å². The molecule has 1 aromatic rings. The Bertz CT molecular complexity index is 501. The van der Waals surface area contributed by atoms with Crippen LogP contribution in [-0.4, -0.2) is 22.1 Å². The lowest BCUT2D eigenvalue weighted by Crippen LogP contribution is -2.42. The summed E-state index contributed by atoms with van der Waals surface area (Å²) in [5, 5.41) is 19.4. The van der Waals surface area contributed by atoms with Crippen LogP contribution in [0.3, 0.4) is 0 Å². The van der Waals surface area contributed by atoms with Gasteiger partial charge in [-0.1, -0.05) is 12.1 Å². The van der Waals surface area contributed by atoms with E-state index in [1.807, 2.05) is 0 Å². The molecule has 0 atom stereocenters. The van der Waals surface area contributed by atoms with Crippen molar-refractivity contribution in [1.29, 1.82) is 0 Å². The van der Waals surface area contributed by atoms with Crippen molar-refractivity contribution in [3.63, 3.8) is 0 Å². The van der Waals surface area contributed by atoms with Crippen LogP contribution in [0.1, 0.15) is 36.8 Å². The van der Waals surface area contributed by atoms with E-state index in [0.29, 0.717) is 0 Å². The second-order valence-corrected chi connectivity index (χ2v) is 5.26. The summed E-state index contributed by atoms with van der Waals surface area (Å²) in [5.74, 6) is -4.09. The third kappa shape index (κ3) is 2.41. The fourth-order valence-corrected chi connectivity index (χ4v) is 2.69. The topological polar surface area (TPSA) is 57.5 Å². The molecule has 0 saturated heterocycles. The van der Waals surface area contributed by atoms with Gasteiger partial charge in [-0.25, -0.2) is 8.78 Å². The molecule has 19 heavy (non-hydrogen) atoms. The molecule has 0 unspecified atom stereocenters. The van der Waals surface area contributed by atoms with Crippen molar-refractivity contribution in [1.82, 2.24) is 0 Å². The van der Waals surface area contributed by atoms with Crippen LogP contribution in [0.5, 0.6) is 5.75 Å². The van der Waals surface area contributed by atoms with E-state index in [4.69, 9.17) is 0 Å². The summed E-state index contributed by atoms with van der Waals surface area (Å²) in [4.78, 5) is 11.6. The maximum atomic E-state index is 13.2. The van der Waals surface area contributed by atoms with Crippen molar-refractivity contribution < 1.29 is 23.8 Å². The molecule has 2 rings (SSSR count). The molecule has 104 valence electrons. The minimum absolute atomic E-state index is 0.132. The number of benzene rings is 1. The molecular weight excluding hydrogens is 254 g/mol. The Morgan fingerprint density at radius 2 is 1.79 bits per heavy atom. The highest BCUT2D eigenvalue weighted by Crippen LogP contribution is 2.47. The number of hydrogen-bond acceptors (Lipinski definition) is 2. The van der Waals surface area contributed by atoms with Gasteiger partial charge < -0.3 is 10.2 Å². The molecule has 5 heteroatoms. The van der Waals surface area contributed by atoms with E-state index in [2.05, 4.69) is 0 Å². The molecule has 2 N–H and O–H groups in total. The van der Waals surface area contributed by atoms with Gasteiger partial charge in [0.1, 0.15) is 5.75 Å². The molecule has 0 heterocycles. The predicted octanol–water partition coefficient (Wildman–Crippen LogP) is 3.23. The molecule has 0 spiro atoms. The van der Waals surface area contributed by atoms with Crippen LogP contribution < -0.4 is 0 Å². The summed E-state index contributed by atoms with van der Waals surface area (Å²) in [6, 6.07) is 4.68. The number of carboxylic acid groups (broad SMARTS) is 1. The van der Waals surface area contributed by atoms with E-state index in [9.17, 15) is 23.8 Å². The van der Waals surface area contributed by atoms with E-state index in [0.717, 1.165) is 5.56 Å². The van der Waals surface area contributed by atoms with E-state index in [1.165, 1.54) is 12.1 Å². The minimum Gasteiger partial charge on any atom is -0.508 e. The minimum atomic E-state index is -2.81. The zero-order valence-corrected chi connectivity index (χ0v) is 10.6. The lowest BCUT2D eigenvalue weighted by Gasteiger charge is -2.37. The number of rotatable bonds is 2. The lowest BCUT2D eigenvalue weighted by atomic mass is 9.68. The number of aryl methyl sites for hydroxylation is 1. The number of phenolic OH excluding ortho intramolecular Hbond substituents is 1. The Morgan fingerprint density at radius 3 is 2.26 bits per heavy atom. The molecule has 0 aliphatic heterocycles. The highest BCUT2D eigenvalue weighted by molar-refractivity contribution is 5.82. The number of carbonyl (C=O) groups is 1. The smallest absolute Gasteiger partial charge is 0.314 e. The molecule has 0 aromatic heterocycles. The molecule has 1 aliphatic carbocycles. The highest BCUT2D eigenvalue weighted by Gasteiger charge is 2.50. The van der Waals surface area contributed by atoms with Gasteiger partial charge in [-0.2, -0.15) is 0 Å². The summed E-state index contributed by atoms with van der Waals surface area (Å²) in [6.45, 7) is 1.77. The Hall–Kier alpha value is -1.65. The first-order chi connectivity index (χ1) is 8.77. The van der Waals surface area contributed by atoms with Crippen LogP contribution in [0, 0.1) is 6.92 Å². The van der Waals surface area contributed by atoms with Gasteiger partial charge in [-0.05, 0) is 31.4 Å². The second kappa shape index (κ2) is 4.47. The summed E-state index contributed by atoms with van der Waals surface area (Å²) < 4.78 is 26.5. The maximum Gasteiger partial charge on any atom is 0.314 e. The number of phenols is 1. The van der Waals surface area contributed by atoms with E-state index in [1.54, 1.807) is 13.0 Å². The molecule has 0 amide bonds. The van der Waals surface area contributed by atoms with Gasteiger partial charge >= 0.3 is 5.97 Å². The van der Waals surface area contributed by atoms with Gasteiger partial charge in [0.15, 0.2) is 0 Å². The molecule has 0 radical (unpaired) electrons. The van der Waals surface area contributed by atoms with Crippen LogP contribution in [0.15, 0.2) is 18.2 Å². The summed E-state index contributed by atoms with van der Waals surface area (Å²) in [7, 11) is 0. The van der Waals surface area contributed by atoms with Gasteiger partial charge in [0.05, 0.1) is 5.41 Å². The van der Waals surface area contributed by atoms with Crippen molar-refractivity contribution in [3.8, 4) is 5.75 Å². The zero-order chi connectivity index (χ0) is 14.3. The standard InChI is InChI=1S/C14H16F2O3/c1-9-2-3-10(11(17)8-9)13(12(18)19)4-6-14(15,16)7-5-13/h2-3,8,17H,4-7H2,1H3,(H,18,19). The third-order valence-corrected chi connectivity index (χ3v) is 3.91. The van der Waals surface area contributed by atoms with Crippen molar-refractivity contribution >= 4 is 5.97 Å². The largest absolute Gasteiger partial charge is 0.508 e. The quantitative estimate of drug-likeness (QED) is 0.867. The third-order valence-electron chi connectivity index (χ3n) is 3.91. The van der Waals surface area contributed by atoms with Crippen LogP contribution in [0.25, 0.3) is 0 Å². The fourth-order valence-electron chi connectivity index (χ4n) is 2.69. The van der Waals surface area contributed by atoms with Crippen LogP contribution >= 0.6 is 0 Å². The van der Waals surface area contributed by atoms with Gasteiger partial charge in [0, 0.05) is 18.4 Å². The number of carboxylic acids is 1. The molecule has 3 nitrogen and oxygen atoms in total. The summed E-state index contributed by atoms with van der Waals surface area (Å²) in [6.07, 6.45) is -1.25. The monoisotopic (exact) mass is 270 g/mol. The number of hydrogen-bond donors (Lipinski definition) is 2. The second-order valence-electron chi connectivity index (χ2n) is 5.26. The first-order valence-electron chi connectivity index (χ1n) is 6.18. The number of aliphatic carboxylic acids is 1. The average Bonchev–Trinajstić information content (AvgIpc) is 2.30. The molecule has 1 fully saturated rings. The Morgan fingerprint density at radius 1 is 1.21 bits per heavy atom. The number of alkyl halides is 2. The highest BCUT2D eigenvalue weighted by atomic mass is 19.3. The SMILES string of the molecule is Cc1ccc(C2(C(=O)O)CCC(F)(F)CC2)c(O)c1. The van der Waals surface area contributed by atoms with Gasteiger partial charge in [0.2, 0.25) is 5.92 Å². The van der Waals surface area contributed by atoms with E-state index in [-0.39, 0.29) is 24.2 Å². The molecule has 1 aromatic carbocycles. The summed E-state index contributed by atoms with van der Waals surface area (Å²) >= 11 is 0. The normalized spacial score (nSPS) is 21.0. The molecule has 0 bridgehead atoms. The van der Waals surface area contributed by atoms with Crippen molar-refractivity contribution in [2.75, 3.05) is 0 Å². The Balaban J connectivity index is 2.44. The predicted molar refractivity (Wildman–Crippen MR) is 65.6 cm³/mol. The molecular formula is C14H16F2O3. The Kier molecular flexibility index (Phi) is 3.24. The van der Waals surface area contributed by atoms with Crippen LogP contribution in [0.2, 0.25) is 0 Å². The first kappa shape index (κ1) is 13.8. The van der Waals surface area contributed by atoms with Gasteiger partial charge in [-0.3, -0.25) is 4.79 Å². The average molecular weight is 270 g/mol. The Labute approximate surface area is 109 Å². The number of halogens is 2. The first-order valence-corrected chi connectivity index (χ1v) is 6.18.